The summed E-state index contributed by atoms with van der Waals surface area (Å²) in [4.78, 5) is 16.6. The van der Waals surface area contributed by atoms with Gasteiger partial charge in [-0.25, -0.2) is 4.98 Å². The zero-order valence-electron chi connectivity index (χ0n) is 14.3. The fourth-order valence-corrected chi connectivity index (χ4v) is 3.61. The van der Waals surface area contributed by atoms with Crippen LogP contribution < -0.4 is 10.1 Å². The molecule has 1 amide bonds. The minimum absolute atomic E-state index is 0.0559. The number of rotatable bonds is 4. The van der Waals surface area contributed by atoms with E-state index in [4.69, 9.17) is 4.74 Å². The number of carbonyl (C=O) groups is 1. The van der Waals surface area contributed by atoms with Crippen molar-refractivity contribution in [2.24, 2.45) is 0 Å². The van der Waals surface area contributed by atoms with E-state index in [9.17, 15) is 4.79 Å². The molecule has 3 aromatic rings. The van der Waals surface area contributed by atoms with Gasteiger partial charge < -0.3 is 4.74 Å². The smallest absolute Gasteiger partial charge is 0.264 e. The predicted molar refractivity (Wildman–Crippen MR) is 107 cm³/mol. The third kappa shape index (κ3) is 4.58. The molecule has 6 heteroatoms. The summed E-state index contributed by atoms with van der Waals surface area (Å²) in [6.07, 6.45) is 0. The third-order valence-electron chi connectivity index (χ3n) is 3.67. The van der Waals surface area contributed by atoms with E-state index < -0.39 is 0 Å². The number of anilines is 1. The molecule has 2 aromatic carbocycles. The van der Waals surface area contributed by atoms with Crippen LogP contribution >= 0.6 is 27.3 Å². The lowest BCUT2D eigenvalue weighted by Crippen LogP contribution is -2.19. The Hall–Kier alpha value is -1.92. The van der Waals surface area contributed by atoms with Crippen LogP contribution in [-0.2, 0) is 10.2 Å². The van der Waals surface area contributed by atoms with Gasteiger partial charge in [0, 0.05) is 4.47 Å². The predicted octanol–water partition coefficient (Wildman–Crippen LogP) is 5.37. The molecule has 0 saturated carbocycles. The molecular formula is C19H19BrN2O2S. The van der Waals surface area contributed by atoms with E-state index in [1.807, 2.05) is 30.3 Å². The molecule has 0 saturated heterocycles. The van der Waals surface area contributed by atoms with E-state index in [1.54, 1.807) is 0 Å². The summed E-state index contributed by atoms with van der Waals surface area (Å²) in [6, 6.07) is 13.6. The fourth-order valence-electron chi connectivity index (χ4n) is 2.31. The number of hydrogen-bond acceptors (Lipinski definition) is 4. The van der Waals surface area contributed by atoms with E-state index >= 15 is 0 Å². The van der Waals surface area contributed by atoms with Crippen LogP contribution in [0.3, 0.4) is 0 Å². The average Bonchev–Trinajstić information content (AvgIpc) is 2.93. The van der Waals surface area contributed by atoms with Crippen LogP contribution in [0.1, 0.15) is 26.3 Å². The molecule has 0 aliphatic heterocycles. The number of thiazole rings is 1. The van der Waals surface area contributed by atoms with Crippen molar-refractivity contribution in [1.29, 1.82) is 0 Å². The Kier molecular flexibility index (Phi) is 5.11. The fraction of sp³-hybridized carbons (Fsp3) is 0.263. The number of benzene rings is 2. The number of hydrogen-bond donors (Lipinski definition) is 1. The van der Waals surface area contributed by atoms with Crippen molar-refractivity contribution < 1.29 is 9.53 Å². The van der Waals surface area contributed by atoms with E-state index in [2.05, 4.69) is 59.1 Å². The highest BCUT2D eigenvalue weighted by atomic mass is 79.9. The van der Waals surface area contributed by atoms with Gasteiger partial charge in [0.05, 0.1) is 10.2 Å². The maximum atomic E-state index is 12.1. The van der Waals surface area contributed by atoms with Gasteiger partial charge in [0.2, 0.25) is 0 Å². The second kappa shape index (κ2) is 7.14. The highest BCUT2D eigenvalue weighted by molar-refractivity contribution is 9.10. The van der Waals surface area contributed by atoms with E-state index in [0.29, 0.717) is 10.9 Å². The van der Waals surface area contributed by atoms with Gasteiger partial charge >= 0.3 is 0 Å². The van der Waals surface area contributed by atoms with E-state index in [0.717, 1.165) is 14.7 Å². The topological polar surface area (TPSA) is 51.2 Å². The number of aromatic nitrogens is 1. The van der Waals surface area contributed by atoms with Crippen molar-refractivity contribution >= 4 is 48.5 Å². The van der Waals surface area contributed by atoms with Crippen molar-refractivity contribution in [3.63, 3.8) is 0 Å². The zero-order valence-corrected chi connectivity index (χ0v) is 16.7. The maximum absolute atomic E-state index is 12.1. The average molecular weight is 419 g/mol. The van der Waals surface area contributed by atoms with Crippen LogP contribution in [0, 0.1) is 0 Å². The number of nitrogens with zero attached hydrogens (tertiary/aromatic N) is 1. The summed E-state index contributed by atoms with van der Waals surface area (Å²) in [7, 11) is 0. The summed E-state index contributed by atoms with van der Waals surface area (Å²) in [6.45, 7) is 6.48. The number of halogens is 1. The van der Waals surface area contributed by atoms with Crippen LogP contribution in [0.15, 0.2) is 46.9 Å². The minimum Gasteiger partial charge on any atom is -0.484 e. The summed E-state index contributed by atoms with van der Waals surface area (Å²) in [5.74, 6) is 0.415. The molecule has 0 radical (unpaired) electrons. The van der Waals surface area contributed by atoms with Gasteiger partial charge in [-0.05, 0) is 41.3 Å². The SMILES string of the molecule is CC(C)(C)c1ccc2nc(NC(=O)COc3cccc(Br)c3)sc2c1. The first-order valence-electron chi connectivity index (χ1n) is 7.90. The lowest BCUT2D eigenvalue weighted by Gasteiger charge is -2.18. The Morgan fingerprint density at radius 2 is 2.04 bits per heavy atom. The Labute approximate surface area is 159 Å². The summed E-state index contributed by atoms with van der Waals surface area (Å²) in [5.41, 5.74) is 2.22. The molecule has 0 aliphatic rings. The number of nitrogens with one attached hydrogen (secondary N) is 1. The molecule has 0 atom stereocenters. The molecule has 0 unspecified atom stereocenters. The first kappa shape index (κ1) is 17.9. The summed E-state index contributed by atoms with van der Waals surface area (Å²) in [5, 5.41) is 3.39. The maximum Gasteiger partial charge on any atom is 0.264 e. The van der Waals surface area contributed by atoms with Crippen molar-refractivity contribution in [2.75, 3.05) is 11.9 Å². The molecule has 0 spiro atoms. The van der Waals surface area contributed by atoms with Crippen LogP contribution in [0.25, 0.3) is 10.2 Å². The molecule has 0 aliphatic carbocycles. The standard InChI is InChI=1S/C19H19BrN2O2S/c1-19(2,3)12-7-8-15-16(9-12)25-18(21-15)22-17(23)11-24-14-6-4-5-13(20)10-14/h4-10H,11H2,1-3H3,(H,21,22,23). The Morgan fingerprint density at radius 1 is 1.24 bits per heavy atom. The second-order valence-electron chi connectivity index (χ2n) is 6.75. The van der Waals surface area contributed by atoms with Gasteiger partial charge in [0.25, 0.3) is 5.91 Å². The molecule has 0 fully saturated rings. The normalized spacial score (nSPS) is 11.5. The van der Waals surface area contributed by atoms with E-state index in [1.165, 1.54) is 16.9 Å². The van der Waals surface area contributed by atoms with Gasteiger partial charge in [0.15, 0.2) is 11.7 Å². The Morgan fingerprint density at radius 3 is 2.76 bits per heavy atom. The molecule has 1 N–H and O–H groups in total. The highest BCUT2D eigenvalue weighted by Crippen LogP contribution is 2.31. The van der Waals surface area contributed by atoms with Crippen molar-refractivity contribution in [1.82, 2.24) is 4.98 Å². The number of ether oxygens (including phenoxy) is 1. The Balaban J connectivity index is 1.67. The first-order valence-corrected chi connectivity index (χ1v) is 9.51. The largest absolute Gasteiger partial charge is 0.484 e. The lowest BCUT2D eigenvalue weighted by molar-refractivity contribution is -0.118. The first-order chi connectivity index (χ1) is 11.8. The van der Waals surface area contributed by atoms with Crippen LogP contribution in [0.4, 0.5) is 5.13 Å². The van der Waals surface area contributed by atoms with Crippen LogP contribution in [-0.4, -0.2) is 17.5 Å². The third-order valence-corrected chi connectivity index (χ3v) is 5.09. The monoisotopic (exact) mass is 418 g/mol. The van der Waals surface area contributed by atoms with Gasteiger partial charge in [-0.2, -0.15) is 0 Å². The molecule has 4 nitrogen and oxygen atoms in total. The molecule has 1 aromatic heterocycles. The highest BCUT2D eigenvalue weighted by Gasteiger charge is 2.15. The minimum atomic E-state index is -0.227. The molecule has 1 heterocycles. The lowest BCUT2D eigenvalue weighted by atomic mass is 9.87. The van der Waals surface area contributed by atoms with Crippen molar-refractivity contribution in [2.45, 2.75) is 26.2 Å². The molecular weight excluding hydrogens is 400 g/mol. The van der Waals surface area contributed by atoms with Gasteiger partial charge in [-0.15, -0.1) is 0 Å². The molecule has 0 bridgehead atoms. The van der Waals surface area contributed by atoms with Crippen molar-refractivity contribution in [3.05, 3.63) is 52.5 Å². The van der Waals surface area contributed by atoms with E-state index in [-0.39, 0.29) is 17.9 Å². The molecule has 25 heavy (non-hydrogen) atoms. The zero-order chi connectivity index (χ0) is 18.0. The van der Waals surface area contributed by atoms with Crippen LogP contribution in [0.2, 0.25) is 0 Å². The van der Waals surface area contributed by atoms with Gasteiger partial charge in [-0.1, -0.05) is 60.2 Å². The summed E-state index contributed by atoms with van der Waals surface area (Å²) < 4.78 is 7.47. The van der Waals surface area contributed by atoms with Crippen molar-refractivity contribution in [3.8, 4) is 5.75 Å². The summed E-state index contributed by atoms with van der Waals surface area (Å²) >= 11 is 4.85. The Bertz CT molecular complexity index is 915. The molecule has 3 rings (SSSR count). The molecule has 130 valence electrons. The quantitative estimate of drug-likeness (QED) is 0.618. The van der Waals surface area contributed by atoms with Crippen LogP contribution in [0.5, 0.6) is 5.75 Å². The van der Waals surface area contributed by atoms with Gasteiger partial charge in [0.1, 0.15) is 5.75 Å². The van der Waals surface area contributed by atoms with Gasteiger partial charge in [-0.3, -0.25) is 10.1 Å². The number of fused-ring (bicyclic) bond motifs is 1. The number of amides is 1. The second-order valence-corrected chi connectivity index (χ2v) is 8.69. The number of carbonyl (C=O) groups excluding carboxylic acids is 1.